The Kier molecular flexibility index (Phi) is 5.48. The molecule has 0 aliphatic carbocycles. The number of halogens is 1. The van der Waals surface area contributed by atoms with Crippen LogP contribution in [0.4, 0.5) is 4.39 Å². The average molecular weight is 284 g/mol. The molecule has 0 N–H and O–H groups in total. The summed E-state index contributed by atoms with van der Waals surface area (Å²) in [4.78, 5) is 0. The summed E-state index contributed by atoms with van der Waals surface area (Å²) in [6.07, 6.45) is -3.76. The Morgan fingerprint density at radius 2 is 1.80 bits per heavy atom. The molecule has 4 nitrogen and oxygen atoms in total. The standard InChI is InChI=1S/C15H21FO4/c1-10-13(19-9-11-7-5-4-6-8-11)14(17-2)12(16)15(18-3)20-10/h4-8,10,12-15H,9H2,1-3H3/t10-,12-,13+,14+,15+/m1/s1. The van der Waals surface area contributed by atoms with Crippen LogP contribution in [0.1, 0.15) is 12.5 Å². The van der Waals surface area contributed by atoms with Crippen LogP contribution >= 0.6 is 0 Å². The highest BCUT2D eigenvalue weighted by Gasteiger charge is 2.46. The van der Waals surface area contributed by atoms with Gasteiger partial charge in [0.25, 0.3) is 0 Å². The van der Waals surface area contributed by atoms with E-state index in [4.69, 9.17) is 18.9 Å². The third kappa shape index (κ3) is 3.35. The van der Waals surface area contributed by atoms with Gasteiger partial charge in [0.1, 0.15) is 12.2 Å². The van der Waals surface area contributed by atoms with Gasteiger partial charge in [0.15, 0.2) is 12.5 Å². The highest BCUT2D eigenvalue weighted by molar-refractivity contribution is 5.13. The summed E-state index contributed by atoms with van der Waals surface area (Å²) in [5.74, 6) is 0. The van der Waals surface area contributed by atoms with Crippen LogP contribution < -0.4 is 0 Å². The zero-order valence-corrected chi connectivity index (χ0v) is 12.0. The number of methoxy groups -OCH3 is 2. The molecule has 1 aromatic rings. The summed E-state index contributed by atoms with van der Waals surface area (Å²) in [6, 6.07) is 9.73. The maximum absolute atomic E-state index is 14.2. The average Bonchev–Trinajstić information content (AvgIpc) is 2.48. The second-order valence-electron chi connectivity index (χ2n) is 4.85. The SMILES string of the molecule is CO[C@H]1O[C@H](C)[C@H](OCc2ccccc2)[C@@H](OC)[C@H]1F. The minimum absolute atomic E-state index is 0.305. The molecule has 1 heterocycles. The van der Waals surface area contributed by atoms with E-state index < -0.39 is 24.7 Å². The second kappa shape index (κ2) is 7.13. The number of alkyl halides is 1. The molecule has 0 bridgehead atoms. The van der Waals surface area contributed by atoms with Crippen LogP contribution in [0.3, 0.4) is 0 Å². The van der Waals surface area contributed by atoms with Gasteiger partial charge in [-0.2, -0.15) is 0 Å². The van der Waals surface area contributed by atoms with Gasteiger partial charge >= 0.3 is 0 Å². The van der Waals surface area contributed by atoms with Crippen LogP contribution in [0, 0.1) is 0 Å². The lowest BCUT2D eigenvalue weighted by Gasteiger charge is -2.41. The van der Waals surface area contributed by atoms with E-state index in [9.17, 15) is 4.39 Å². The van der Waals surface area contributed by atoms with Gasteiger partial charge in [-0.25, -0.2) is 4.39 Å². The van der Waals surface area contributed by atoms with Crippen molar-refractivity contribution in [1.29, 1.82) is 0 Å². The summed E-state index contributed by atoms with van der Waals surface area (Å²) in [5, 5.41) is 0. The fourth-order valence-electron chi connectivity index (χ4n) is 2.41. The monoisotopic (exact) mass is 284 g/mol. The summed E-state index contributed by atoms with van der Waals surface area (Å²) in [6.45, 7) is 2.23. The molecule has 5 heteroatoms. The molecule has 1 aliphatic heterocycles. The fourth-order valence-corrected chi connectivity index (χ4v) is 2.41. The molecular weight excluding hydrogens is 263 g/mol. The minimum Gasteiger partial charge on any atom is -0.375 e. The van der Waals surface area contributed by atoms with Crippen LogP contribution in [0.15, 0.2) is 30.3 Å². The largest absolute Gasteiger partial charge is 0.375 e. The quantitative estimate of drug-likeness (QED) is 0.831. The van der Waals surface area contributed by atoms with E-state index in [2.05, 4.69) is 0 Å². The first-order valence-electron chi connectivity index (χ1n) is 6.68. The van der Waals surface area contributed by atoms with Crippen molar-refractivity contribution < 1.29 is 23.3 Å². The highest BCUT2D eigenvalue weighted by Crippen LogP contribution is 2.28. The smallest absolute Gasteiger partial charge is 0.191 e. The zero-order chi connectivity index (χ0) is 14.5. The molecule has 1 aliphatic rings. The molecule has 0 unspecified atom stereocenters. The van der Waals surface area contributed by atoms with Gasteiger partial charge in [0.05, 0.1) is 12.7 Å². The Labute approximate surface area is 118 Å². The Bertz CT molecular complexity index is 400. The van der Waals surface area contributed by atoms with Crippen molar-refractivity contribution >= 4 is 0 Å². The van der Waals surface area contributed by atoms with Gasteiger partial charge in [-0.05, 0) is 12.5 Å². The third-order valence-electron chi connectivity index (χ3n) is 3.50. The van der Waals surface area contributed by atoms with E-state index in [1.54, 1.807) is 0 Å². The number of benzene rings is 1. The second-order valence-corrected chi connectivity index (χ2v) is 4.85. The first-order valence-corrected chi connectivity index (χ1v) is 6.68. The first-order chi connectivity index (χ1) is 9.67. The van der Waals surface area contributed by atoms with Crippen molar-refractivity contribution in [2.24, 2.45) is 0 Å². The molecule has 0 saturated carbocycles. The predicted molar refractivity (Wildman–Crippen MR) is 72.1 cm³/mol. The van der Waals surface area contributed by atoms with E-state index >= 15 is 0 Å². The Balaban J connectivity index is 2.01. The summed E-state index contributed by atoms with van der Waals surface area (Å²) < 4.78 is 35.7. The molecule has 20 heavy (non-hydrogen) atoms. The number of rotatable bonds is 5. The molecule has 0 radical (unpaired) electrons. The topological polar surface area (TPSA) is 36.9 Å². The normalized spacial score (nSPS) is 34.1. The zero-order valence-electron chi connectivity index (χ0n) is 12.0. The summed E-state index contributed by atoms with van der Waals surface area (Å²) >= 11 is 0. The van der Waals surface area contributed by atoms with Crippen molar-refractivity contribution in [3.63, 3.8) is 0 Å². The lowest BCUT2D eigenvalue weighted by atomic mass is 10.0. The Morgan fingerprint density at radius 3 is 2.40 bits per heavy atom. The van der Waals surface area contributed by atoms with Crippen molar-refractivity contribution in [3.8, 4) is 0 Å². The van der Waals surface area contributed by atoms with Crippen LogP contribution in [-0.2, 0) is 25.6 Å². The van der Waals surface area contributed by atoms with Gasteiger partial charge in [-0.1, -0.05) is 30.3 Å². The molecule has 112 valence electrons. The van der Waals surface area contributed by atoms with Gasteiger partial charge in [-0.15, -0.1) is 0 Å². The van der Waals surface area contributed by atoms with Crippen molar-refractivity contribution in [1.82, 2.24) is 0 Å². The van der Waals surface area contributed by atoms with Gasteiger partial charge in [0.2, 0.25) is 0 Å². The van der Waals surface area contributed by atoms with E-state index in [0.717, 1.165) is 5.56 Å². The molecule has 0 aromatic heterocycles. The first kappa shape index (κ1) is 15.4. The van der Waals surface area contributed by atoms with Crippen molar-refractivity contribution in [2.45, 2.75) is 44.3 Å². The minimum atomic E-state index is -1.37. The van der Waals surface area contributed by atoms with Crippen LogP contribution in [0.5, 0.6) is 0 Å². The van der Waals surface area contributed by atoms with Crippen molar-refractivity contribution in [3.05, 3.63) is 35.9 Å². The van der Waals surface area contributed by atoms with E-state index in [-0.39, 0.29) is 6.10 Å². The molecule has 0 spiro atoms. The molecule has 1 fully saturated rings. The summed E-state index contributed by atoms with van der Waals surface area (Å²) in [7, 11) is 2.89. The van der Waals surface area contributed by atoms with E-state index in [1.165, 1.54) is 14.2 Å². The van der Waals surface area contributed by atoms with Gasteiger partial charge < -0.3 is 18.9 Å². The van der Waals surface area contributed by atoms with E-state index in [0.29, 0.717) is 6.61 Å². The number of hydrogen-bond donors (Lipinski definition) is 0. The highest BCUT2D eigenvalue weighted by atomic mass is 19.1. The molecular formula is C15H21FO4. The van der Waals surface area contributed by atoms with Crippen LogP contribution in [0.2, 0.25) is 0 Å². The number of hydrogen-bond acceptors (Lipinski definition) is 4. The molecule has 5 atom stereocenters. The molecule has 1 aromatic carbocycles. The predicted octanol–water partition coefficient (Wildman–Crippen LogP) is 2.32. The lowest BCUT2D eigenvalue weighted by molar-refractivity contribution is -0.284. The Hall–Kier alpha value is -1.01. The number of ether oxygens (including phenoxy) is 4. The fraction of sp³-hybridized carbons (Fsp3) is 0.600. The third-order valence-corrected chi connectivity index (χ3v) is 3.50. The summed E-state index contributed by atoms with van der Waals surface area (Å²) in [5.41, 5.74) is 1.03. The maximum atomic E-state index is 14.2. The molecule has 0 amide bonds. The molecule has 1 saturated heterocycles. The Morgan fingerprint density at radius 1 is 1.10 bits per heavy atom. The van der Waals surface area contributed by atoms with Gasteiger partial charge in [0, 0.05) is 14.2 Å². The van der Waals surface area contributed by atoms with Crippen LogP contribution in [0.25, 0.3) is 0 Å². The molecule has 2 rings (SSSR count). The van der Waals surface area contributed by atoms with Gasteiger partial charge in [-0.3, -0.25) is 0 Å². The van der Waals surface area contributed by atoms with E-state index in [1.807, 2.05) is 37.3 Å². The van der Waals surface area contributed by atoms with Crippen molar-refractivity contribution in [2.75, 3.05) is 14.2 Å². The maximum Gasteiger partial charge on any atom is 0.191 e. The van der Waals surface area contributed by atoms with Crippen LogP contribution in [-0.4, -0.2) is 45.0 Å². The lowest BCUT2D eigenvalue weighted by Crippen LogP contribution is -2.57.